The van der Waals surface area contributed by atoms with Crippen molar-refractivity contribution in [3.8, 4) is 0 Å². The highest BCUT2D eigenvalue weighted by atomic mass is 15.1. The fourth-order valence-corrected chi connectivity index (χ4v) is 2.12. The minimum Gasteiger partial charge on any atom is -0.314 e. The fourth-order valence-electron chi connectivity index (χ4n) is 2.12. The number of hydrogen-bond donors (Lipinski definition) is 1. The second kappa shape index (κ2) is 10.1. The Morgan fingerprint density at radius 1 is 1.12 bits per heavy atom. The van der Waals surface area contributed by atoms with E-state index in [9.17, 15) is 0 Å². The van der Waals surface area contributed by atoms with Crippen LogP contribution in [0.4, 0.5) is 0 Å². The van der Waals surface area contributed by atoms with Crippen molar-refractivity contribution in [1.29, 1.82) is 0 Å². The van der Waals surface area contributed by atoms with Gasteiger partial charge in [0.2, 0.25) is 0 Å². The summed E-state index contributed by atoms with van der Waals surface area (Å²) in [6.45, 7) is 14.9. The van der Waals surface area contributed by atoms with Gasteiger partial charge >= 0.3 is 0 Å². The average Bonchev–Trinajstić information content (AvgIpc) is 2.28. The van der Waals surface area contributed by atoms with Gasteiger partial charge in [-0.05, 0) is 59.2 Å². The first kappa shape index (κ1) is 15.9. The molecule has 0 fully saturated rings. The highest BCUT2D eigenvalue weighted by Crippen LogP contribution is 2.05. The van der Waals surface area contributed by atoms with E-state index in [-0.39, 0.29) is 0 Å². The maximum absolute atomic E-state index is 3.62. The molecule has 0 aromatic heterocycles. The van der Waals surface area contributed by atoms with E-state index in [0.29, 0.717) is 6.04 Å². The summed E-state index contributed by atoms with van der Waals surface area (Å²) < 4.78 is 0. The molecule has 0 aromatic rings. The molecule has 16 heavy (non-hydrogen) atoms. The molecule has 0 spiro atoms. The Morgan fingerprint density at radius 3 is 2.25 bits per heavy atom. The summed E-state index contributed by atoms with van der Waals surface area (Å²) in [5, 5.41) is 3.62. The Balaban J connectivity index is 3.67. The van der Waals surface area contributed by atoms with Gasteiger partial charge in [-0.3, -0.25) is 0 Å². The van der Waals surface area contributed by atoms with Crippen LogP contribution in [0.2, 0.25) is 0 Å². The first-order chi connectivity index (χ1) is 7.65. The van der Waals surface area contributed by atoms with Crippen molar-refractivity contribution < 1.29 is 0 Å². The van der Waals surface area contributed by atoms with Crippen molar-refractivity contribution in [1.82, 2.24) is 10.2 Å². The van der Waals surface area contributed by atoms with Crippen molar-refractivity contribution in [3.63, 3.8) is 0 Å². The van der Waals surface area contributed by atoms with E-state index >= 15 is 0 Å². The Morgan fingerprint density at radius 2 is 1.81 bits per heavy atom. The van der Waals surface area contributed by atoms with E-state index in [1.165, 1.54) is 45.3 Å². The number of hydrogen-bond acceptors (Lipinski definition) is 2. The minimum absolute atomic E-state index is 0.689. The van der Waals surface area contributed by atoms with Crippen LogP contribution < -0.4 is 5.32 Å². The van der Waals surface area contributed by atoms with Gasteiger partial charge in [0.1, 0.15) is 0 Å². The Kier molecular flexibility index (Phi) is 10.0. The quantitative estimate of drug-likeness (QED) is 0.617. The molecule has 0 heterocycles. The van der Waals surface area contributed by atoms with E-state index in [1.54, 1.807) is 0 Å². The third-order valence-corrected chi connectivity index (χ3v) is 3.31. The topological polar surface area (TPSA) is 15.3 Å². The summed E-state index contributed by atoms with van der Waals surface area (Å²) >= 11 is 0. The Bertz CT molecular complexity index is 146. The highest BCUT2D eigenvalue weighted by molar-refractivity contribution is 4.67. The van der Waals surface area contributed by atoms with Crippen LogP contribution >= 0.6 is 0 Å². The maximum atomic E-state index is 3.62. The predicted molar refractivity (Wildman–Crippen MR) is 74.0 cm³/mol. The van der Waals surface area contributed by atoms with Gasteiger partial charge < -0.3 is 10.2 Å². The molecule has 1 unspecified atom stereocenters. The normalized spacial score (nSPS) is 13.7. The van der Waals surface area contributed by atoms with Crippen molar-refractivity contribution in [2.24, 2.45) is 0 Å². The van der Waals surface area contributed by atoms with Crippen molar-refractivity contribution in [2.45, 2.75) is 72.4 Å². The molecule has 0 bridgehead atoms. The molecule has 0 radical (unpaired) electrons. The van der Waals surface area contributed by atoms with Gasteiger partial charge in [-0.25, -0.2) is 0 Å². The van der Waals surface area contributed by atoms with E-state index in [4.69, 9.17) is 0 Å². The SMILES string of the molecule is CCCNC(CC)CCCN(CC)C(C)C. The lowest BCUT2D eigenvalue weighted by Crippen LogP contribution is -2.34. The van der Waals surface area contributed by atoms with Crippen LogP contribution in [0, 0.1) is 0 Å². The largest absolute Gasteiger partial charge is 0.314 e. The number of nitrogens with zero attached hydrogens (tertiary/aromatic N) is 1. The molecule has 0 saturated heterocycles. The third kappa shape index (κ3) is 7.24. The molecule has 0 aliphatic rings. The molecule has 0 aromatic carbocycles. The van der Waals surface area contributed by atoms with Crippen molar-refractivity contribution >= 4 is 0 Å². The third-order valence-electron chi connectivity index (χ3n) is 3.31. The van der Waals surface area contributed by atoms with Gasteiger partial charge in [-0.2, -0.15) is 0 Å². The van der Waals surface area contributed by atoms with Crippen LogP contribution in [0.5, 0.6) is 0 Å². The van der Waals surface area contributed by atoms with Crippen LogP contribution in [0.25, 0.3) is 0 Å². The van der Waals surface area contributed by atoms with Gasteiger partial charge in [0.05, 0.1) is 0 Å². The Hall–Kier alpha value is -0.0800. The standard InChI is InChI=1S/C14H32N2/c1-6-11-15-14(7-2)10-9-12-16(8-3)13(4)5/h13-15H,6-12H2,1-5H3. The van der Waals surface area contributed by atoms with Crippen LogP contribution in [-0.4, -0.2) is 36.6 Å². The molecule has 0 saturated carbocycles. The average molecular weight is 228 g/mol. The first-order valence-corrected chi connectivity index (χ1v) is 7.13. The van der Waals surface area contributed by atoms with Crippen LogP contribution in [0.15, 0.2) is 0 Å². The van der Waals surface area contributed by atoms with Crippen LogP contribution in [-0.2, 0) is 0 Å². The predicted octanol–water partition coefficient (Wildman–Crippen LogP) is 3.28. The molecule has 2 heteroatoms. The van der Waals surface area contributed by atoms with Gasteiger partial charge in [-0.15, -0.1) is 0 Å². The van der Waals surface area contributed by atoms with Crippen LogP contribution in [0.1, 0.15) is 60.3 Å². The molecule has 0 aliphatic carbocycles. The van der Waals surface area contributed by atoms with E-state index in [0.717, 1.165) is 6.04 Å². The molecule has 1 atom stereocenters. The lowest BCUT2D eigenvalue weighted by atomic mass is 10.1. The van der Waals surface area contributed by atoms with E-state index < -0.39 is 0 Å². The molecule has 1 N–H and O–H groups in total. The van der Waals surface area contributed by atoms with E-state index in [1.807, 2.05) is 0 Å². The van der Waals surface area contributed by atoms with Gasteiger partial charge in [0, 0.05) is 12.1 Å². The lowest BCUT2D eigenvalue weighted by molar-refractivity contribution is 0.225. The summed E-state index contributed by atoms with van der Waals surface area (Å²) in [6.07, 6.45) is 5.14. The van der Waals surface area contributed by atoms with Gasteiger partial charge in [0.15, 0.2) is 0 Å². The zero-order valence-electron chi connectivity index (χ0n) is 12.1. The highest BCUT2D eigenvalue weighted by Gasteiger charge is 2.08. The number of nitrogens with one attached hydrogen (secondary N) is 1. The molecule has 0 aliphatic heterocycles. The summed E-state index contributed by atoms with van der Waals surface area (Å²) in [5.41, 5.74) is 0. The fraction of sp³-hybridized carbons (Fsp3) is 1.00. The molecule has 0 amide bonds. The summed E-state index contributed by atoms with van der Waals surface area (Å²) in [7, 11) is 0. The van der Waals surface area contributed by atoms with Gasteiger partial charge in [-0.1, -0.05) is 20.8 Å². The second-order valence-electron chi connectivity index (χ2n) is 4.92. The second-order valence-corrected chi connectivity index (χ2v) is 4.92. The molecule has 2 nitrogen and oxygen atoms in total. The molecule has 0 rings (SSSR count). The monoisotopic (exact) mass is 228 g/mol. The maximum Gasteiger partial charge on any atom is 0.00649 e. The summed E-state index contributed by atoms with van der Waals surface area (Å²) in [4.78, 5) is 2.55. The zero-order chi connectivity index (χ0) is 12.4. The summed E-state index contributed by atoms with van der Waals surface area (Å²) in [6, 6.07) is 1.42. The van der Waals surface area contributed by atoms with Crippen molar-refractivity contribution in [3.05, 3.63) is 0 Å². The molecule has 98 valence electrons. The smallest absolute Gasteiger partial charge is 0.00649 e. The van der Waals surface area contributed by atoms with Crippen molar-refractivity contribution in [2.75, 3.05) is 19.6 Å². The molecular weight excluding hydrogens is 196 g/mol. The lowest BCUT2D eigenvalue weighted by Gasteiger charge is -2.25. The minimum atomic E-state index is 0.689. The Labute approximate surface area is 103 Å². The zero-order valence-corrected chi connectivity index (χ0v) is 12.1. The first-order valence-electron chi connectivity index (χ1n) is 7.13. The molecular formula is C14H32N2. The summed E-state index contributed by atoms with van der Waals surface area (Å²) in [5.74, 6) is 0. The van der Waals surface area contributed by atoms with Gasteiger partial charge in [0.25, 0.3) is 0 Å². The van der Waals surface area contributed by atoms with Crippen LogP contribution in [0.3, 0.4) is 0 Å². The number of rotatable bonds is 10. The van der Waals surface area contributed by atoms with E-state index in [2.05, 4.69) is 44.8 Å².